The van der Waals surface area contributed by atoms with E-state index in [2.05, 4.69) is 22.9 Å². The molecule has 1 fully saturated rings. The maximum Gasteiger partial charge on any atom is 0.308 e. The minimum absolute atomic E-state index is 0.157. The molecule has 1 aliphatic heterocycles. The number of carbonyl (C=O) groups is 2. The second-order valence-corrected chi connectivity index (χ2v) is 7.39. The molecule has 1 saturated heterocycles. The van der Waals surface area contributed by atoms with Crippen LogP contribution in [0.25, 0.3) is 0 Å². The first kappa shape index (κ1) is 19.8. The van der Waals surface area contributed by atoms with Crippen molar-refractivity contribution in [3.63, 3.8) is 0 Å². The second kappa shape index (κ2) is 9.80. The quantitative estimate of drug-likeness (QED) is 0.645. The van der Waals surface area contributed by atoms with E-state index in [-0.39, 0.29) is 12.5 Å². The smallest absolute Gasteiger partial charge is 0.308 e. The Morgan fingerprint density at radius 2 is 2.12 bits per heavy atom. The molecule has 0 aliphatic carbocycles. The maximum absolute atomic E-state index is 12.9. The number of nitrogens with zero attached hydrogens (tertiary/aromatic N) is 1. The number of hydrogen-bond acceptors (Lipinski definition) is 3. The summed E-state index contributed by atoms with van der Waals surface area (Å²) in [5.41, 5.74) is 0.496. The number of unbranched alkanes of at least 4 members (excludes halogenated alkanes) is 3. The zero-order valence-corrected chi connectivity index (χ0v) is 16.3. The number of halogens is 1. The molecule has 1 N–H and O–H groups in total. The van der Waals surface area contributed by atoms with Crippen molar-refractivity contribution in [2.75, 3.05) is 19.7 Å². The molecule has 0 saturated carbocycles. The summed E-state index contributed by atoms with van der Waals surface area (Å²) in [6, 6.07) is 5.41. The van der Waals surface area contributed by atoms with E-state index < -0.39 is 11.9 Å². The molecule has 0 spiro atoms. The van der Waals surface area contributed by atoms with E-state index in [1.54, 1.807) is 17.0 Å². The molecule has 1 unspecified atom stereocenters. The van der Waals surface area contributed by atoms with Crippen molar-refractivity contribution in [1.82, 2.24) is 4.90 Å². The van der Waals surface area contributed by atoms with Crippen LogP contribution in [0.2, 0.25) is 0 Å². The Kier molecular flexibility index (Phi) is 7.75. The van der Waals surface area contributed by atoms with Gasteiger partial charge in [0.05, 0.1) is 18.1 Å². The summed E-state index contributed by atoms with van der Waals surface area (Å²) < 4.78 is 6.65. The van der Waals surface area contributed by atoms with E-state index in [0.717, 1.165) is 17.3 Å². The lowest BCUT2D eigenvalue weighted by Crippen LogP contribution is -2.42. The van der Waals surface area contributed by atoms with Crippen molar-refractivity contribution in [2.24, 2.45) is 5.92 Å². The maximum atomic E-state index is 12.9. The van der Waals surface area contributed by atoms with Gasteiger partial charge in [0.15, 0.2) is 0 Å². The largest absolute Gasteiger partial charge is 0.493 e. The first-order chi connectivity index (χ1) is 12.0. The fourth-order valence-corrected chi connectivity index (χ4v) is 3.40. The van der Waals surface area contributed by atoms with Crippen molar-refractivity contribution in [1.29, 1.82) is 0 Å². The van der Waals surface area contributed by atoms with E-state index in [1.807, 2.05) is 6.07 Å². The normalized spacial score (nSPS) is 17.4. The molecular formula is C19H26BrNO4. The van der Waals surface area contributed by atoms with Gasteiger partial charge in [-0.15, -0.1) is 0 Å². The van der Waals surface area contributed by atoms with Gasteiger partial charge in [0.2, 0.25) is 0 Å². The summed E-state index contributed by atoms with van der Waals surface area (Å²) in [6.07, 6.45) is 5.76. The number of ether oxygens (including phenoxy) is 1. The number of likely N-dealkylation sites (tertiary alicyclic amines) is 1. The van der Waals surface area contributed by atoms with Crippen LogP contribution in [0, 0.1) is 5.92 Å². The average Bonchev–Trinajstić information content (AvgIpc) is 2.62. The van der Waals surface area contributed by atoms with Crippen molar-refractivity contribution < 1.29 is 19.4 Å². The monoisotopic (exact) mass is 411 g/mol. The summed E-state index contributed by atoms with van der Waals surface area (Å²) in [5.74, 6) is -0.902. The molecule has 6 heteroatoms. The topological polar surface area (TPSA) is 66.8 Å². The third-order valence-electron chi connectivity index (χ3n) is 4.49. The summed E-state index contributed by atoms with van der Waals surface area (Å²) in [6.45, 7) is 3.59. The second-order valence-electron chi connectivity index (χ2n) is 6.48. The number of carboxylic acids is 1. The van der Waals surface area contributed by atoms with Gasteiger partial charge in [-0.1, -0.05) is 42.1 Å². The summed E-state index contributed by atoms with van der Waals surface area (Å²) >= 11 is 3.41. The lowest BCUT2D eigenvalue weighted by atomic mass is 9.97. The van der Waals surface area contributed by atoms with Crippen molar-refractivity contribution in [3.8, 4) is 5.75 Å². The van der Waals surface area contributed by atoms with Crippen LogP contribution < -0.4 is 4.74 Å². The molecule has 1 atom stereocenters. The fraction of sp³-hybridized carbons (Fsp3) is 0.579. The average molecular weight is 412 g/mol. The number of carboxylic acid groups (broad SMARTS) is 1. The van der Waals surface area contributed by atoms with Crippen LogP contribution in [0.15, 0.2) is 22.7 Å². The van der Waals surface area contributed by atoms with Gasteiger partial charge in [-0.2, -0.15) is 0 Å². The van der Waals surface area contributed by atoms with E-state index in [9.17, 15) is 14.7 Å². The number of rotatable bonds is 8. The first-order valence-corrected chi connectivity index (χ1v) is 9.76. The highest BCUT2D eigenvalue weighted by Gasteiger charge is 2.29. The van der Waals surface area contributed by atoms with Crippen LogP contribution in [-0.4, -0.2) is 41.6 Å². The Morgan fingerprint density at radius 1 is 1.32 bits per heavy atom. The number of piperidine rings is 1. The van der Waals surface area contributed by atoms with Crippen molar-refractivity contribution >= 4 is 27.8 Å². The zero-order chi connectivity index (χ0) is 18.2. The number of benzene rings is 1. The highest BCUT2D eigenvalue weighted by atomic mass is 79.9. The van der Waals surface area contributed by atoms with Crippen LogP contribution in [0.4, 0.5) is 0 Å². The van der Waals surface area contributed by atoms with Gasteiger partial charge in [0.1, 0.15) is 5.75 Å². The van der Waals surface area contributed by atoms with Crippen LogP contribution >= 0.6 is 15.9 Å². The molecular weight excluding hydrogens is 386 g/mol. The SMILES string of the molecule is CCCCCCOc1ccc(Br)cc1C(=O)N1CCCC(C(=O)O)C1. The molecule has 2 rings (SSSR count). The molecule has 1 aromatic rings. The lowest BCUT2D eigenvalue weighted by molar-refractivity contribution is -0.143. The van der Waals surface area contributed by atoms with Crippen LogP contribution in [0.5, 0.6) is 5.75 Å². The third kappa shape index (κ3) is 5.73. The van der Waals surface area contributed by atoms with Gasteiger partial charge in [-0.25, -0.2) is 0 Å². The molecule has 5 nitrogen and oxygen atoms in total. The Balaban J connectivity index is 2.07. The summed E-state index contributed by atoms with van der Waals surface area (Å²) in [5, 5.41) is 9.22. The molecule has 1 amide bonds. The molecule has 1 aliphatic rings. The molecule has 25 heavy (non-hydrogen) atoms. The van der Waals surface area contributed by atoms with Gasteiger partial charge >= 0.3 is 5.97 Å². The number of amides is 1. The van der Waals surface area contributed by atoms with E-state index in [0.29, 0.717) is 37.3 Å². The van der Waals surface area contributed by atoms with Crippen LogP contribution in [-0.2, 0) is 4.79 Å². The van der Waals surface area contributed by atoms with Gasteiger partial charge in [0, 0.05) is 17.6 Å². The molecule has 1 aromatic carbocycles. The Morgan fingerprint density at radius 3 is 2.84 bits per heavy atom. The van der Waals surface area contributed by atoms with Gasteiger partial charge in [-0.05, 0) is 37.5 Å². The standard InChI is InChI=1S/C19H26BrNO4/c1-2-3-4-5-11-25-17-9-8-15(20)12-16(17)18(22)21-10-6-7-14(13-21)19(23)24/h8-9,12,14H,2-7,10-11,13H2,1H3,(H,23,24). The van der Waals surface area contributed by atoms with Gasteiger partial charge < -0.3 is 14.7 Å². The molecule has 1 heterocycles. The van der Waals surface area contributed by atoms with E-state index in [1.165, 1.54) is 12.8 Å². The Bertz CT molecular complexity index is 605. The zero-order valence-electron chi connectivity index (χ0n) is 14.7. The Labute approximate surface area is 157 Å². The molecule has 0 aromatic heterocycles. The number of carbonyl (C=O) groups excluding carboxylic acids is 1. The van der Waals surface area contributed by atoms with Gasteiger partial charge in [-0.3, -0.25) is 9.59 Å². The highest BCUT2D eigenvalue weighted by Crippen LogP contribution is 2.27. The lowest BCUT2D eigenvalue weighted by Gasteiger charge is -2.31. The van der Waals surface area contributed by atoms with E-state index in [4.69, 9.17) is 4.74 Å². The predicted octanol–water partition coefficient (Wildman–Crippen LogP) is 4.35. The minimum Gasteiger partial charge on any atom is -0.493 e. The predicted molar refractivity (Wildman–Crippen MR) is 100 cm³/mol. The fourth-order valence-electron chi connectivity index (χ4n) is 3.04. The summed E-state index contributed by atoms with van der Waals surface area (Å²) in [7, 11) is 0. The highest BCUT2D eigenvalue weighted by molar-refractivity contribution is 9.10. The summed E-state index contributed by atoms with van der Waals surface area (Å²) in [4.78, 5) is 25.8. The van der Waals surface area contributed by atoms with Crippen molar-refractivity contribution in [2.45, 2.75) is 45.4 Å². The minimum atomic E-state index is -0.834. The first-order valence-electron chi connectivity index (χ1n) is 8.97. The van der Waals surface area contributed by atoms with Crippen LogP contribution in [0.1, 0.15) is 55.8 Å². The molecule has 0 bridgehead atoms. The number of hydrogen-bond donors (Lipinski definition) is 1. The number of aliphatic carboxylic acids is 1. The van der Waals surface area contributed by atoms with Crippen molar-refractivity contribution in [3.05, 3.63) is 28.2 Å². The third-order valence-corrected chi connectivity index (χ3v) is 4.98. The van der Waals surface area contributed by atoms with Crippen LogP contribution in [0.3, 0.4) is 0 Å². The van der Waals surface area contributed by atoms with E-state index >= 15 is 0 Å². The molecule has 0 radical (unpaired) electrons. The van der Waals surface area contributed by atoms with Gasteiger partial charge in [0.25, 0.3) is 5.91 Å². The Hall–Kier alpha value is -1.56. The molecule has 138 valence electrons.